The van der Waals surface area contributed by atoms with E-state index in [-0.39, 0.29) is 24.1 Å². The number of esters is 2. The van der Waals surface area contributed by atoms with Gasteiger partial charge in [-0.2, -0.15) is 0 Å². The second-order valence-corrected chi connectivity index (χ2v) is 8.80. The van der Waals surface area contributed by atoms with Crippen LogP contribution in [0, 0.1) is 0 Å². The van der Waals surface area contributed by atoms with Crippen LogP contribution in [0.3, 0.4) is 0 Å². The molecule has 0 saturated carbocycles. The Bertz CT molecular complexity index is 614. The molecule has 0 spiro atoms. The van der Waals surface area contributed by atoms with E-state index in [9.17, 15) is 9.59 Å². The van der Waals surface area contributed by atoms with Gasteiger partial charge in [0.2, 0.25) is 0 Å². The van der Waals surface area contributed by atoms with E-state index in [4.69, 9.17) is 32.7 Å². The molecule has 4 nitrogen and oxygen atoms in total. The zero-order chi connectivity index (χ0) is 22.7. The molecule has 31 heavy (non-hydrogen) atoms. The van der Waals surface area contributed by atoms with E-state index in [1.165, 1.54) is 51.4 Å². The molecule has 0 radical (unpaired) electrons. The fourth-order valence-corrected chi connectivity index (χ4v) is 3.78. The van der Waals surface area contributed by atoms with E-state index < -0.39 is 0 Å². The molecule has 0 aliphatic heterocycles. The van der Waals surface area contributed by atoms with Crippen molar-refractivity contribution in [1.82, 2.24) is 0 Å². The van der Waals surface area contributed by atoms with Crippen molar-refractivity contribution in [1.29, 1.82) is 0 Å². The number of halogens is 2. The predicted molar refractivity (Wildman–Crippen MR) is 128 cm³/mol. The topological polar surface area (TPSA) is 52.6 Å². The van der Waals surface area contributed by atoms with E-state index in [0.29, 0.717) is 35.9 Å². The highest BCUT2D eigenvalue weighted by Crippen LogP contribution is 2.32. The minimum absolute atomic E-state index is 0.152. The molecule has 0 fully saturated rings. The first kappa shape index (κ1) is 27.8. The van der Waals surface area contributed by atoms with Gasteiger partial charge in [0.1, 0.15) is 0 Å². The molecule has 0 heterocycles. The Morgan fingerprint density at radius 2 is 1.19 bits per heavy atom. The highest BCUT2D eigenvalue weighted by atomic mass is 35.5. The van der Waals surface area contributed by atoms with Gasteiger partial charge in [0.25, 0.3) is 0 Å². The van der Waals surface area contributed by atoms with Crippen molar-refractivity contribution in [3.63, 3.8) is 0 Å². The lowest BCUT2D eigenvalue weighted by Gasteiger charge is -2.08. The van der Waals surface area contributed by atoms with Gasteiger partial charge in [0, 0.05) is 12.8 Å². The summed E-state index contributed by atoms with van der Waals surface area (Å²) in [6.07, 6.45) is 15.4. The molecule has 6 heteroatoms. The maximum Gasteiger partial charge on any atom is 0.311 e. The molecule has 1 aromatic rings. The van der Waals surface area contributed by atoms with Gasteiger partial charge >= 0.3 is 11.9 Å². The van der Waals surface area contributed by atoms with Crippen LogP contribution >= 0.6 is 23.2 Å². The van der Waals surface area contributed by atoms with Crippen molar-refractivity contribution in [3.05, 3.63) is 28.2 Å². The van der Waals surface area contributed by atoms with Crippen LogP contribution in [0.25, 0.3) is 0 Å². The summed E-state index contributed by atoms with van der Waals surface area (Å²) in [7, 11) is 0. The Kier molecular flexibility index (Phi) is 16.4. The quantitative estimate of drug-likeness (QED) is 0.122. The van der Waals surface area contributed by atoms with Crippen LogP contribution in [-0.2, 0) is 14.3 Å². The molecule has 0 aromatic heterocycles. The highest BCUT2D eigenvalue weighted by Gasteiger charge is 2.12. The lowest BCUT2D eigenvalue weighted by atomic mass is 10.1. The van der Waals surface area contributed by atoms with Gasteiger partial charge in [-0.3, -0.25) is 9.59 Å². The van der Waals surface area contributed by atoms with Crippen molar-refractivity contribution >= 4 is 35.1 Å². The van der Waals surface area contributed by atoms with Gasteiger partial charge in [-0.15, -0.1) is 0 Å². The van der Waals surface area contributed by atoms with Crippen LogP contribution in [0.5, 0.6) is 5.75 Å². The fraction of sp³-hybridized carbons (Fsp3) is 0.680. The molecule has 0 amide bonds. The molecule has 1 aromatic carbocycles. The number of carbonyl (C=O) groups excluding carboxylic acids is 2. The summed E-state index contributed by atoms with van der Waals surface area (Å²) in [5.74, 6) is -0.328. The first-order valence-corrected chi connectivity index (χ1v) is 12.6. The highest BCUT2D eigenvalue weighted by molar-refractivity contribution is 6.37. The van der Waals surface area contributed by atoms with E-state index in [1.807, 2.05) is 0 Å². The third-order valence-electron chi connectivity index (χ3n) is 5.16. The monoisotopic (exact) mass is 472 g/mol. The number of hydrogen-bond donors (Lipinski definition) is 0. The Hall–Kier alpha value is -1.26. The summed E-state index contributed by atoms with van der Waals surface area (Å²) in [6, 6.07) is 4.94. The number of ether oxygens (including phenoxy) is 2. The number of para-hydroxylation sites is 1. The van der Waals surface area contributed by atoms with Crippen molar-refractivity contribution in [2.45, 2.75) is 103 Å². The molecule has 0 N–H and O–H groups in total. The smallest absolute Gasteiger partial charge is 0.311 e. The Balaban J connectivity index is 1.93. The fourth-order valence-electron chi connectivity index (χ4n) is 3.31. The molecule has 0 bridgehead atoms. The van der Waals surface area contributed by atoms with Crippen molar-refractivity contribution in [2.75, 3.05) is 6.61 Å². The van der Waals surface area contributed by atoms with Gasteiger partial charge in [-0.05, 0) is 31.4 Å². The van der Waals surface area contributed by atoms with E-state index >= 15 is 0 Å². The zero-order valence-corrected chi connectivity index (χ0v) is 20.4. The van der Waals surface area contributed by atoms with Crippen molar-refractivity contribution in [2.24, 2.45) is 0 Å². The van der Waals surface area contributed by atoms with Crippen molar-refractivity contribution in [3.8, 4) is 5.75 Å². The number of hydrogen-bond acceptors (Lipinski definition) is 4. The van der Waals surface area contributed by atoms with E-state index in [2.05, 4.69) is 6.92 Å². The molecule has 176 valence electrons. The minimum Gasteiger partial charge on any atom is -0.466 e. The third kappa shape index (κ3) is 14.4. The summed E-state index contributed by atoms with van der Waals surface area (Å²) in [6.45, 7) is 2.76. The van der Waals surface area contributed by atoms with Crippen LogP contribution in [-0.4, -0.2) is 18.5 Å². The summed E-state index contributed by atoms with van der Waals surface area (Å²) >= 11 is 12.0. The van der Waals surface area contributed by atoms with Gasteiger partial charge in [0.15, 0.2) is 5.75 Å². The third-order valence-corrected chi connectivity index (χ3v) is 5.75. The Morgan fingerprint density at radius 1 is 0.710 bits per heavy atom. The molecular weight excluding hydrogens is 435 g/mol. The van der Waals surface area contributed by atoms with E-state index in [0.717, 1.165) is 19.3 Å². The molecular formula is C25H38Cl2O4. The van der Waals surface area contributed by atoms with Crippen LogP contribution in [0.15, 0.2) is 18.2 Å². The van der Waals surface area contributed by atoms with Gasteiger partial charge in [-0.25, -0.2) is 0 Å². The van der Waals surface area contributed by atoms with Crippen LogP contribution < -0.4 is 4.74 Å². The first-order chi connectivity index (χ1) is 15.0. The zero-order valence-electron chi connectivity index (χ0n) is 18.9. The summed E-state index contributed by atoms with van der Waals surface area (Å²) in [5.41, 5.74) is 0. The second kappa shape index (κ2) is 18.3. The van der Waals surface area contributed by atoms with Gasteiger partial charge < -0.3 is 9.47 Å². The number of carbonyl (C=O) groups is 2. The largest absolute Gasteiger partial charge is 0.466 e. The van der Waals surface area contributed by atoms with Gasteiger partial charge in [-0.1, -0.05) is 100 Å². The summed E-state index contributed by atoms with van der Waals surface area (Å²) in [5, 5.41) is 0.622. The molecule has 0 saturated heterocycles. The molecule has 0 atom stereocenters. The minimum atomic E-state index is -0.376. The molecule has 0 aliphatic carbocycles. The number of unbranched alkanes of at least 4 members (excludes halogenated alkanes) is 11. The van der Waals surface area contributed by atoms with Crippen LogP contribution in [0.2, 0.25) is 10.0 Å². The van der Waals surface area contributed by atoms with Gasteiger partial charge in [0.05, 0.1) is 16.7 Å². The second-order valence-electron chi connectivity index (χ2n) is 7.99. The van der Waals surface area contributed by atoms with E-state index in [1.54, 1.807) is 18.2 Å². The van der Waals surface area contributed by atoms with Crippen molar-refractivity contribution < 1.29 is 19.1 Å². The van der Waals surface area contributed by atoms with Crippen LogP contribution in [0.4, 0.5) is 0 Å². The predicted octanol–water partition coefficient (Wildman–Crippen LogP) is 8.31. The first-order valence-electron chi connectivity index (χ1n) is 11.8. The molecule has 1 rings (SSSR count). The normalized spacial score (nSPS) is 10.8. The standard InChI is InChI=1S/C25H38Cl2O4/c1-2-3-4-5-6-7-8-9-10-14-20-30-23(28)18-12-11-13-19-24(29)31-25-21(26)16-15-17-22(25)27/h15-17H,2-14,18-20H2,1H3. The Labute approximate surface area is 198 Å². The number of benzene rings is 1. The van der Waals surface area contributed by atoms with Crippen LogP contribution in [0.1, 0.15) is 103 Å². The molecule has 0 unspecified atom stereocenters. The SMILES string of the molecule is CCCCCCCCCCCCOC(=O)CCCCCC(=O)Oc1c(Cl)cccc1Cl. The lowest BCUT2D eigenvalue weighted by molar-refractivity contribution is -0.143. The lowest BCUT2D eigenvalue weighted by Crippen LogP contribution is -2.09. The summed E-state index contributed by atoms with van der Waals surface area (Å²) < 4.78 is 10.5. The average Bonchev–Trinajstić information content (AvgIpc) is 2.74. The number of rotatable bonds is 18. The average molecular weight is 473 g/mol. The Morgan fingerprint density at radius 3 is 1.77 bits per heavy atom. The summed E-state index contributed by atoms with van der Waals surface area (Å²) in [4.78, 5) is 23.7. The molecule has 0 aliphatic rings. The maximum absolute atomic E-state index is 11.9. The maximum atomic E-state index is 11.9.